The van der Waals surface area contributed by atoms with Gasteiger partial charge in [-0.15, -0.1) is 0 Å². The van der Waals surface area contributed by atoms with E-state index >= 15 is 0 Å². The summed E-state index contributed by atoms with van der Waals surface area (Å²) in [5, 5.41) is 0. The maximum absolute atomic E-state index is 11.4. The highest BCUT2D eigenvalue weighted by molar-refractivity contribution is 6.07. The molecule has 1 aliphatic carbocycles. The summed E-state index contributed by atoms with van der Waals surface area (Å²) in [4.78, 5) is 44.8. The van der Waals surface area contributed by atoms with Gasteiger partial charge in [0.25, 0.3) is 0 Å². The monoisotopic (exact) mass is 210 g/mol. The number of ether oxygens (including phenoxy) is 2. The highest BCUT2D eigenvalue weighted by Crippen LogP contribution is 2.60. The van der Waals surface area contributed by atoms with E-state index in [2.05, 4.69) is 9.47 Å². The first-order valence-electron chi connectivity index (χ1n) is 4.55. The van der Waals surface area contributed by atoms with Crippen LogP contribution in [0.15, 0.2) is 0 Å². The largest absolute Gasteiger partial charge is 0.393 e. The van der Waals surface area contributed by atoms with Crippen molar-refractivity contribution in [2.45, 2.75) is 12.8 Å². The van der Waals surface area contributed by atoms with Gasteiger partial charge in [0.05, 0.1) is 23.7 Å². The number of hydrogen-bond acceptors (Lipinski definition) is 6. The molecule has 0 aromatic heterocycles. The van der Waals surface area contributed by atoms with Crippen molar-refractivity contribution < 1.29 is 28.7 Å². The van der Waals surface area contributed by atoms with Gasteiger partial charge in [0.15, 0.2) is 0 Å². The van der Waals surface area contributed by atoms with Crippen LogP contribution in [-0.4, -0.2) is 23.9 Å². The van der Waals surface area contributed by atoms with Crippen LogP contribution in [0.5, 0.6) is 0 Å². The highest BCUT2D eigenvalue weighted by atomic mass is 16.6. The van der Waals surface area contributed by atoms with Crippen molar-refractivity contribution in [3.05, 3.63) is 0 Å². The molecule has 3 fully saturated rings. The smallest absolute Gasteiger partial charge is 0.321 e. The second-order valence-corrected chi connectivity index (χ2v) is 4.12. The minimum absolute atomic E-state index is 0.116. The Balaban J connectivity index is 1.99. The number of carbonyl (C=O) groups excluding carboxylic acids is 4. The fourth-order valence-corrected chi connectivity index (χ4v) is 2.67. The van der Waals surface area contributed by atoms with E-state index in [4.69, 9.17) is 0 Å². The van der Waals surface area contributed by atoms with Crippen molar-refractivity contribution in [1.82, 2.24) is 0 Å². The molecule has 3 aliphatic rings. The van der Waals surface area contributed by atoms with Crippen molar-refractivity contribution in [3.63, 3.8) is 0 Å². The third-order valence-electron chi connectivity index (χ3n) is 3.41. The van der Waals surface area contributed by atoms with E-state index in [0.717, 1.165) is 0 Å². The van der Waals surface area contributed by atoms with Crippen LogP contribution in [-0.2, 0) is 28.7 Å². The SMILES string of the molecule is O=C1CC2(CC3C(=O)OC(=O)C32)C(=O)O1. The van der Waals surface area contributed by atoms with Crippen LogP contribution in [0, 0.1) is 17.3 Å². The first kappa shape index (κ1) is 8.58. The van der Waals surface area contributed by atoms with Crippen LogP contribution in [0.4, 0.5) is 0 Å². The molecule has 3 rings (SSSR count). The number of carbonyl (C=O) groups is 4. The van der Waals surface area contributed by atoms with Crippen LogP contribution in [0.2, 0.25) is 0 Å². The zero-order valence-electron chi connectivity index (χ0n) is 7.52. The minimum Gasteiger partial charge on any atom is -0.393 e. The van der Waals surface area contributed by atoms with Gasteiger partial charge in [0, 0.05) is 0 Å². The van der Waals surface area contributed by atoms with Gasteiger partial charge >= 0.3 is 23.9 Å². The van der Waals surface area contributed by atoms with Gasteiger partial charge in [0.2, 0.25) is 0 Å². The lowest BCUT2D eigenvalue weighted by Gasteiger charge is -2.41. The summed E-state index contributed by atoms with van der Waals surface area (Å²) in [6, 6.07) is 0. The average molecular weight is 210 g/mol. The van der Waals surface area contributed by atoms with Crippen LogP contribution in [0.1, 0.15) is 12.8 Å². The van der Waals surface area contributed by atoms with Crippen molar-refractivity contribution >= 4 is 23.9 Å². The molecular weight excluding hydrogens is 204 g/mol. The standard InChI is InChI=1S/C9H6O6/c10-4-2-9(8(13)14-4)1-3-5(9)7(12)15-6(3)11/h3,5H,1-2H2. The molecule has 0 radical (unpaired) electrons. The molecule has 15 heavy (non-hydrogen) atoms. The van der Waals surface area contributed by atoms with Crippen LogP contribution in [0.25, 0.3) is 0 Å². The number of cyclic esters (lactones) is 4. The fraction of sp³-hybridized carbons (Fsp3) is 0.556. The van der Waals surface area contributed by atoms with Gasteiger partial charge in [0.1, 0.15) is 0 Å². The molecular formula is C9H6O6. The Morgan fingerprint density at radius 2 is 1.80 bits per heavy atom. The summed E-state index contributed by atoms with van der Waals surface area (Å²) in [5.41, 5.74) is -1.11. The minimum atomic E-state index is -1.11. The molecule has 1 spiro atoms. The summed E-state index contributed by atoms with van der Waals surface area (Å²) < 4.78 is 8.84. The maximum Gasteiger partial charge on any atom is 0.321 e. The Bertz CT molecular complexity index is 424. The first-order chi connectivity index (χ1) is 7.04. The molecule has 6 heteroatoms. The Labute approximate surface area is 83.5 Å². The van der Waals surface area contributed by atoms with Crippen molar-refractivity contribution in [1.29, 1.82) is 0 Å². The molecule has 0 aromatic rings. The van der Waals surface area contributed by atoms with E-state index in [1.54, 1.807) is 0 Å². The molecule has 2 aliphatic heterocycles. The Kier molecular flexibility index (Phi) is 1.29. The summed E-state index contributed by atoms with van der Waals surface area (Å²) in [7, 11) is 0. The Hall–Kier alpha value is -1.72. The third-order valence-corrected chi connectivity index (χ3v) is 3.41. The van der Waals surface area contributed by atoms with Crippen molar-refractivity contribution in [3.8, 4) is 0 Å². The molecule has 1 saturated carbocycles. The summed E-state index contributed by atoms with van der Waals surface area (Å²) in [6.07, 6.45) is 0.0716. The van der Waals surface area contributed by atoms with Gasteiger partial charge < -0.3 is 9.47 Å². The summed E-state index contributed by atoms with van der Waals surface area (Å²) >= 11 is 0. The molecule has 2 heterocycles. The summed E-state index contributed by atoms with van der Waals surface area (Å²) in [5.74, 6) is -3.99. The quantitative estimate of drug-likeness (QED) is 0.383. The molecule has 6 nitrogen and oxygen atoms in total. The predicted molar refractivity (Wildman–Crippen MR) is 40.8 cm³/mol. The molecule has 3 atom stereocenters. The van der Waals surface area contributed by atoms with Crippen LogP contribution in [0.3, 0.4) is 0 Å². The molecule has 78 valence electrons. The van der Waals surface area contributed by atoms with E-state index in [1.807, 2.05) is 0 Å². The van der Waals surface area contributed by atoms with E-state index in [9.17, 15) is 19.2 Å². The van der Waals surface area contributed by atoms with Crippen molar-refractivity contribution in [2.24, 2.45) is 17.3 Å². The molecule has 0 bridgehead atoms. The second-order valence-electron chi connectivity index (χ2n) is 4.12. The topological polar surface area (TPSA) is 86.7 Å². The Morgan fingerprint density at radius 1 is 1.07 bits per heavy atom. The number of fused-ring (bicyclic) bond motifs is 2. The zero-order valence-corrected chi connectivity index (χ0v) is 7.52. The van der Waals surface area contributed by atoms with Gasteiger partial charge in [-0.2, -0.15) is 0 Å². The summed E-state index contributed by atoms with van der Waals surface area (Å²) in [6.45, 7) is 0. The van der Waals surface area contributed by atoms with E-state index in [1.165, 1.54) is 0 Å². The van der Waals surface area contributed by atoms with Crippen LogP contribution >= 0.6 is 0 Å². The fourth-order valence-electron chi connectivity index (χ4n) is 2.67. The Morgan fingerprint density at radius 3 is 2.33 bits per heavy atom. The zero-order chi connectivity index (χ0) is 10.8. The van der Waals surface area contributed by atoms with Crippen LogP contribution < -0.4 is 0 Å². The molecule has 0 aromatic carbocycles. The van der Waals surface area contributed by atoms with Gasteiger partial charge in [-0.25, -0.2) is 0 Å². The third kappa shape index (κ3) is 0.800. The average Bonchev–Trinajstić information content (AvgIpc) is 2.48. The normalized spacial score (nSPS) is 42.7. The lowest BCUT2D eigenvalue weighted by Crippen LogP contribution is -2.52. The van der Waals surface area contributed by atoms with Crippen molar-refractivity contribution in [2.75, 3.05) is 0 Å². The van der Waals surface area contributed by atoms with E-state index in [-0.39, 0.29) is 12.8 Å². The molecule has 0 N–H and O–H groups in total. The highest BCUT2D eigenvalue weighted by Gasteiger charge is 2.72. The molecule has 2 saturated heterocycles. The van der Waals surface area contributed by atoms with E-state index in [0.29, 0.717) is 0 Å². The lowest BCUT2D eigenvalue weighted by atomic mass is 9.54. The predicted octanol–water partition coefficient (Wildman–Crippen LogP) is -0.834. The second kappa shape index (κ2) is 2.26. The number of esters is 4. The maximum atomic E-state index is 11.4. The number of hydrogen-bond donors (Lipinski definition) is 0. The molecule has 3 unspecified atom stereocenters. The van der Waals surface area contributed by atoms with Gasteiger partial charge in [-0.05, 0) is 6.42 Å². The lowest BCUT2D eigenvalue weighted by molar-refractivity contribution is -0.166. The van der Waals surface area contributed by atoms with Gasteiger partial charge in [-0.1, -0.05) is 0 Å². The first-order valence-corrected chi connectivity index (χ1v) is 4.55. The van der Waals surface area contributed by atoms with Gasteiger partial charge in [-0.3, -0.25) is 19.2 Å². The van der Waals surface area contributed by atoms with E-state index < -0.39 is 41.1 Å². The number of rotatable bonds is 0. The molecule has 0 amide bonds.